The molecule has 0 spiro atoms. The van der Waals surface area contributed by atoms with Crippen molar-refractivity contribution in [2.45, 2.75) is 39.2 Å². The average Bonchev–Trinajstić information content (AvgIpc) is 2.39. The van der Waals surface area contributed by atoms with Gasteiger partial charge in [-0.3, -0.25) is 0 Å². The molecule has 0 radical (unpaired) electrons. The van der Waals surface area contributed by atoms with Crippen LogP contribution in [0, 0.1) is 0 Å². The monoisotopic (exact) mass is 248 g/mol. The van der Waals surface area contributed by atoms with Gasteiger partial charge in [0.1, 0.15) is 5.75 Å². The molecule has 1 aromatic rings. The molecule has 0 unspecified atom stereocenters. The lowest BCUT2D eigenvalue weighted by atomic mass is 10.1. The molecule has 0 atom stereocenters. The molecule has 1 aromatic carbocycles. The molecule has 3 heteroatoms. The Morgan fingerprint density at radius 2 is 1.89 bits per heavy atom. The van der Waals surface area contributed by atoms with E-state index in [9.17, 15) is 0 Å². The number of nitrogens with zero attached hydrogens (tertiary/aromatic N) is 1. The maximum Gasteiger partial charge on any atom is 0.144 e. The zero-order chi connectivity index (χ0) is 13.0. The van der Waals surface area contributed by atoms with Gasteiger partial charge >= 0.3 is 0 Å². The Hall–Kier alpha value is -1.38. The maximum absolute atomic E-state index is 5.49. The van der Waals surface area contributed by atoms with Crippen molar-refractivity contribution in [1.29, 1.82) is 0 Å². The SMILES string of the molecule is COc1cc(N2CCCCC2)ccc1NC(C)C. The summed E-state index contributed by atoms with van der Waals surface area (Å²) in [6.07, 6.45) is 3.96. The van der Waals surface area contributed by atoms with Gasteiger partial charge in [-0.2, -0.15) is 0 Å². The van der Waals surface area contributed by atoms with Crippen molar-refractivity contribution < 1.29 is 4.74 Å². The first-order valence-corrected chi connectivity index (χ1v) is 6.90. The highest BCUT2D eigenvalue weighted by molar-refractivity contribution is 5.65. The van der Waals surface area contributed by atoms with E-state index in [0.717, 1.165) is 11.4 Å². The van der Waals surface area contributed by atoms with Crippen LogP contribution in [0.2, 0.25) is 0 Å². The van der Waals surface area contributed by atoms with Crippen LogP contribution in [0.5, 0.6) is 5.75 Å². The Morgan fingerprint density at radius 1 is 1.17 bits per heavy atom. The van der Waals surface area contributed by atoms with E-state index in [2.05, 4.69) is 42.3 Å². The number of hydrogen-bond donors (Lipinski definition) is 1. The third kappa shape index (κ3) is 3.09. The van der Waals surface area contributed by atoms with Gasteiger partial charge in [0.15, 0.2) is 0 Å². The van der Waals surface area contributed by atoms with E-state index in [1.807, 2.05) is 0 Å². The number of ether oxygens (including phenoxy) is 1. The Labute approximate surface area is 110 Å². The van der Waals surface area contributed by atoms with E-state index in [-0.39, 0.29) is 0 Å². The van der Waals surface area contributed by atoms with E-state index >= 15 is 0 Å². The molecule has 1 heterocycles. The second-order valence-electron chi connectivity index (χ2n) is 5.23. The van der Waals surface area contributed by atoms with Gasteiger partial charge in [-0.25, -0.2) is 0 Å². The molecule has 1 N–H and O–H groups in total. The lowest BCUT2D eigenvalue weighted by Crippen LogP contribution is -2.29. The summed E-state index contributed by atoms with van der Waals surface area (Å²) >= 11 is 0. The van der Waals surface area contributed by atoms with Gasteiger partial charge in [0.05, 0.1) is 12.8 Å². The summed E-state index contributed by atoms with van der Waals surface area (Å²) in [5.41, 5.74) is 2.36. The molecule has 100 valence electrons. The normalized spacial score (nSPS) is 15.9. The molecular formula is C15H24N2O. The van der Waals surface area contributed by atoms with E-state index in [1.54, 1.807) is 7.11 Å². The van der Waals surface area contributed by atoms with Crippen LogP contribution < -0.4 is 15.0 Å². The minimum Gasteiger partial charge on any atom is -0.495 e. The van der Waals surface area contributed by atoms with Crippen LogP contribution in [-0.4, -0.2) is 26.2 Å². The first kappa shape index (κ1) is 13.1. The fraction of sp³-hybridized carbons (Fsp3) is 0.600. The van der Waals surface area contributed by atoms with Crippen LogP contribution in [0.25, 0.3) is 0 Å². The average molecular weight is 248 g/mol. The largest absolute Gasteiger partial charge is 0.495 e. The van der Waals surface area contributed by atoms with Gasteiger partial charge in [0, 0.05) is 30.9 Å². The highest BCUT2D eigenvalue weighted by atomic mass is 16.5. The molecule has 2 rings (SSSR count). The van der Waals surface area contributed by atoms with Gasteiger partial charge in [0.2, 0.25) is 0 Å². The van der Waals surface area contributed by atoms with Crippen molar-refractivity contribution in [2.24, 2.45) is 0 Å². The lowest BCUT2D eigenvalue weighted by Gasteiger charge is -2.29. The molecule has 1 aliphatic heterocycles. The van der Waals surface area contributed by atoms with E-state index in [1.165, 1.54) is 38.0 Å². The van der Waals surface area contributed by atoms with Crippen LogP contribution in [-0.2, 0) is 0 Å². The van der Waals surface area contributed by atoms with E-state index in [0.29, 0.717) is 6.04 Å². The van der Waals surface area contributed by atoms with Gasteiger partial charge < -0.3 is 15.0 Å². The smallest absolute Gasteiger partial charge is 0.144 e. The molecule has 0 aromatic heterocycles. The summed E-state index contributed by atoms with van der Waals surface area (Å²) in [7, 11) is 1.74. The van der Waals surface area contributed by atoms with Gasteiger partial charge in [0.25, 0.3) is 0 Å². The first-order valence-electron chi connectivity index (χ1n) is 6.90. The van der Waals surface area contributed by atoms with Gasteiger partial charge in [-0.1, -0.05) is 0 Å². The summed E-state index contributed by atoms with van der Waals surface area (Å²) in [6, 6.07) is 6.89. The van der Waals surface area contributed by atoms with Crippen LogP contribution in [0.15, 0.2) is 18.2 Å². The summed E-state index contributed by atoms with van der Waals surface area (Å²) in [4.78, 5) is 2.45. The summed E-state index contributed by atoms with van der Waals surface area (Å²) in [5.74, 6) is 0.937. The molecule has 18 heavy (non-hydrogen) atoms. The number of nitrogens with one attached hydrogen (secondary N) is 1. The minimum absolute atomic E-state index is 0.416. The van der Waals surface area contributed by atoms with Gasteiger partial charge in [-0.05, 0) is 45.2 Å². The van der Waals surface area contributed by atoms with Crippen molar-refractivity contribution >= 4 is 11.4 Å². The number of methoxy groups -OCH3 is 1. The molecule has 3 nitrogen and oxygen atoms in total. The summed E-state index contributed by atoms with van der Waals surface area (Å²) in [6.45, 7) is 6.61. The highest BCUT2D eigenvalue weighted by Crippen LogP contribution is 2.31. The zero-order valence-electron chi connectivity index (χ0n) is 11.7. The number of hydrogen-bond acceptors (Lipinski definition) is 3. The number of piperidine rings is 1. The molecule has 1 aliphatic rings. The Bertz CT molecular complexity index is 384. The summed E-state index contributed by atoms with van der Waals surface area (Å²) < 4.78 is 5.49. The number of benzene rings is 1. The van der Waals surface area contributed by atoms with Crippen LogP contribution in [0.1, 0.15) is 33.1 Å². The molecule has 0 saturated carbocycles. The standard InChI is InChI=1S/C15H24N2O/c1-12(2)16-14-8-7-13(11-15(14)18-3)17-9-5-4-6-10-17/h7-8,11-12,16H,4-6,9-10H2,1-3H3. The van der Waals surface area contributed by atoms with Crippen molar-refractivity contribution in [3.63, 3.8) is 0 Å². The van der Waals surface area contributed by atoms with Crippen molar-refractivity contribution in [3.8, 4) is 5.75 Å². The second-order valence-corrected chi connectivity index (χ2v) is 5.23. The molecule has 0 amide bonds. The Kier molecular flexibility index (Phi) is 4.34. The molecular weight excluding hydrogens is 224 g/mol. The summed E-state index contributed by atoms with van der Waals surface area (Å²) in [5, 5.41) is 3.41. The predicted molar refractivity (Wildman–Crippen MR) is 77.8 cm³/mol. The fourth-order valence-corrected chi connectivity index (χ4v) is 2.46. The highest BCUT2D eigenvalue weighted by Gasteiger charge is 2.13. The van der Waals surface area contributed by atoms with E-state index in [4.69, 9.17) is 4.74 Å². The van der Waals surface area contributed by atoms with Crippen LogP contribution in [0.4, 0.5) is 11.4 Å². The Balaban J connectivity index is 2.17. The third-order valence-electron chi connectivity index (χ3n) is 3.35. The van der Waals surface area contributed by atoms with Crippen molar-refractivity contribution in [3.05, 3.63) is 18.2 Å². The molecule has 0 bridgehead atoms. The minimum atomic E-state index is 0.416. The number of anilines is 2. The van der Waals surface area contributed by atoms with Gasteiger partial charge in [-0.15, -0.1) is 0 Å². The molecule has 0 aliphatic carbocycles. The molecule has 1 fully saturated rings. The second kappa shape index (κ2) is 5.98. The fourth-order valence-electron chi connectivity index (χ4n) is 2.46. The predicted octanol–water partition coefficient (Wildman–Crippen LogP) is 3.51. The maximum atomic E-state index is 5.49. The first-order chi connectivity index (χ1) is 8.70. The van der Waals surface area contributed by atoms with Crippen molar-refractivity contribution in [1.82, 2.24) is 0 Å². The quantitative estimate of drug-likeness (QED) is 0.882. The van der Waals surface area contributed by atoms with Crippen LogP contribution >= 0.6 is 0 Å². The lowest BCUT2D eigenvalue weighted by molar-refractivity contribution is 0.416. The number of rotatable bonds is 4. The molecule has 1 saturated heterocycles. The van der Waals surface area contributed by atoms with Crippen LogP contribution in [0.3, 0.4) is 0 Å². The third-order valence-corrected chi connectivity index (χ3v) is 3.35. The topological polar surface area (TPSA) is 24.5 Å². The Morgan fingerprint density at radius 3 is 2.50 bits per heavy atom. The zero-order valence-corrected chi connectivity index (χ0v) is 11.7. The van der Waals surface area contributed by atoms with Crippen molar-refractivity contribution in [2.75, 3.05) is 30.4 Å². The van der Waals surface area contributed by atoms with E-state index < -0.39 is 0 Å².